The summed E-state index contributed by atoms with van der Waals surface area (Å²) < 4.78 is 5.66. The quantitative estimate of drug-likeness (QED) is 0.634. The molecular weight excluding hydrogens is 368 g/mol. The molecule has 1 amide bonds. The zero-order valence-electron chi connectivity index (χ0n) is 17.4. The standard InChI is InChI=1S/C23H34N2O2S/c1-3-25(20-17-10-15-9-16(12-17)13-18(20)11-15)23(26)21-22(14(2)24-27-21)28-19-7-5-4-6-8-19/h15-20H,3-13H2,1-2H3. The highest BCUT2D eigenvalue weighted by Crippen LogP contribution is 2.55. The van der Waals surface area contributed by atoms with Gasteiger partial charge in [-0.1, -0.05) is 24.4 Å². The molecule has 0 saturated heterocycles. The minimum absolute atomic E-state index is 0.0962. The Hall–Kier alpha value is -0.970. The van der Waals surface area contributed by atoms with E-state index in [0.717, 1.165) is 29.0 Å². The van der Waals surface area contributed by atoms with Gasteiger partial charge in [-0.25, -0.2) is 0 Å². The molecule has 1 heterocycles. The summed E-state index contributed by atoms with van der Waals surface area (Å²) in [5, 5.41) is 4.82. The molecule has 28 heavy (non-hydrogen) atoms. The molecule has 4 nitrogen and oxygen atoms in total. The smallest absolute Gasteiger partial charge is 0.293 e. The Morgan fingerprint density at radius 3 is 2.32 bits per heavy atom. The van der Waals surface area contributed by atoms with E-state index in [9.17, 15) is 4.79 Å². The topological polar surface area (TPSA) is 46.3 Å². The highest BCUT2D eigenvalue weighted by atomic mass is 32.2. The molecule has 1 aromatic rings. The highest BCUT2D eigenvalue weighted by Gasteiger charge is 2.51. The second-order valence-electron chi connectivity index (χ2n) is 9.82. The lowest BCUT2D eigenvalue weighted by molar-refractivity contribution is -0.0552. The first-order valence-electron chi connectivity index (χ1n) is 11.6. The summed E-state index contributed by atoms with van der Waals surface area (Å²) in [7, 11) is 0. The van der Waals surface area contributed by atoms with Crippen LogP contribution in [-0.4, -0.2) is 33.8 Å². The molecule has 154 valence electrons. The molecule has 0 radical (unpaired) electrons. The average Bonchev–Trinajstić information content (AvgIpc) is 3.05. The molecule has 0 spiro atoms. The Morgan fingerprint density at radius 1 is 1.07 bits per heavy atom. The van der Waals surface area contributed by atoms with Gasteiger partial charge in [0.25, 0.3) is 5.91 Å². The van der Waals surface area contributed by atoms with E-state index in [4.69, 9.17) is 4.52 Å². The molecule has 0 unspecified atom stereocenters. The summed E-state index contributed by atoms with van der Waals surface area (Å²) in [5.41, 5.74) is 0.889. The third-order valence-electron chi connectivity index (χ3n) is 7.98. The van der Waals surface area contributed by atoms with Crippen molar-refractivity contribution in [1.82, 2.24) is 10.1 Å². The second-order valence-corrected chi connectivity index (χ2v) is 11.1. The van der Waals surface area contributed by atoms with Crippen molar-refractivity contribution in [3.05, 3.63) is 11.5 Å². The first kappa shape index (κ1) is 19.0. The van der Waals surface area contributed by atoms with Gasteiger partial charge >= 0.3 is 0 Å². The number of rotatable bonds is 5. The van der Waals surface area contributed by atoms with Crippen LogP contribution >= 0.6 is 11.8 Å². The van der Waals surface area contributed by atoms with Gasteiger partial charge in [0.05, 0.1) is 10.6 Å². The summed E-state index contributed by atoms with van der Waals surface area (Å²) in [6.07, 6.45) is 13.2. The molecule has 6 rings (SSSR count). The number of nitrogens with zero attached hydrogens (tertiary/aromatic N) is 2. The Bertz CT molecular complexity index is 696. The lowest BCUT2D eigenvalue weighted by Gasteiger charge is -2.57. The lowest BCUT2D eigenvalue weighted by atomic mass is 9.54. The third-order valence-corrected chi connectivity index (χ3v) is 9.50. The van der Waals surface area contributed by atoms with Crippen molar-refractivity contribution >= 4 is 17.7 Å². The van der Waals surface area contributed by atoms with Crippen LogP contribution in [0.2, 0.25) is 0 Å². The van der Waals surface area contributed by atoms with E-state index < -0.39 is 0 Å². The van der Waals surface area contributed by atoms with E-state index in [2.05, 4.69) is 17.0 Å². The summed E-state index contributed by atoms with van der Waals surface area (Å²) in [6.45, 7) is 4.91. The Morgan fingerprint density at radius 2 is 1.71 bits per heavy atom. The predicted octanol–water partition coefficient (Wildman–Crippen LogP) is 5.69. The monoisotopic (exact) mass is 402 g/mol. The summed E-state index contributed by atoms with van der Waals surface area (Å²) in [6, 6.07) is 0.420. The largest absolute Gasteiger partial charge is 0.350 e. The Kier molecular flexibility index (Phi) is 5.23. The molecule has 5 saturated carbocycles. The van der Waals surface area contributed by atoms with Gasteiger partial charge in [0.15, 0.2) is 0 Å². The molecule has 0 aromatic carbocycles. The molecule has 5 heteroatoms. The van der Waals surface area contributed by atoms with Gasteiger partial charge in [-0.3, -0.25) is 4.79 Å². The van der Waals surface area contributed by atoms with Crippen LogP contribution in [0, 0.1) is 30.6 Å². The van der Waals surface area contributed by atoms with Crippen LogP contribution in [0.4, 0.5) is 0 Å². The summed E-state index contributed by atoms with van der Waals surface area (Å²) >= 11 is 1.85. The first-order valence-corrected chi connectivity index (χ1v) is 12.5. The highest BCUT2D eigenvalue weighted by molar-refractivity contribution is 8.00. The van der Waals surface area contributed by atoms with Crippen LogP contribution in [0.1, 0.15) is 87.4 Å². The van der Waals surface area contributed by atoms with Crippen molar-refractivity contribution in [2.24, 2.45) is 23.7 Å². The minimum atomic E-state index is 0.0962. The molecule has 0 N–H and O–H groups in total. The molecule has 5 aliphatic rings. The molecular formula is C23H34N2O2S. The van der Waals surface area contributed by atoms with Crippen LogP contribution < -0.4 is 0 Å². The molecule has 1 aromatic heterocycles. The van der Waals surface area contributed by atoms with Gasteiger partial charge in [0.2, 0.25) is 5.76 Å². The van der Waals surface area contributed by atoms with Crippen LogP contribution in [0.3, 0.4) is 0 Å². The van der Waals surface area contributed by atoms with E-state index in [1.165, 1.54) is 64.2 Å². The first-order chi connectivity index (χ1) is 13.6. The number of hydrogen-bond donors (Lipinski definition) is 0. The molecule has 0 atom stereocenters. The van der Waals surface area contributed by atoms with Gasteiger partial charge in [-0.2, -0.15) is 0 Å². The van der Waals surface area contributed by atoms with E-state index in [0.29, 0.717) is 28.9 Å². The fourth-order valence-corrected chi connectivity index (χ4v) is 8.35. The zero-order valence-corrected chi connectivity index (χ0v) is 18.2. The Labute approximate surface area is 173 Å². The fraction of sp³-hybridized carbons (Fsp3) is 0.826. The van der Waals surface area contributed by atoms with Gasteiger partial charge in [-0.15, -0.1) is 11.8 Å². The van der Waals surface area contributed by atoms with Crippen molar-refractivity contribution in [2.75, 3.05) is 6.54 Å². The number of carbonyl (C=O) groups is 1. The average molecular weight is 403 g/mol. The number of aryl methyl sites for hydroxylation is 1. The van der Waals surface area contributed by atoms with Gasteiger partial charge < -0.3 is 9.42 Å². The SMILES string of the molecule is CCN(C(=O)c1onc(C)c1SC1CCCCC1)C1C2CC3CC(C2)CC1C3. The van der Waals surface area contributed by atoms with Gasteiger partial charge in [0.1, 0.15) is 0 Å². The van der Waals surface area contributed by atoms with Crippen molar-refractivity contribution in [3.8, 4) is 0 Å². The predicted molar refractivity (Wildman–Crippen MR) is 112 cm³/mol. The lowest BCUT2D eigenvalue weighted by Crippen LogP contribution is -2.57. The summed E-state index contributed by atoms with van der Waals surface area (Å²) in [5.74, 6) is 3.88. The van der Waals surface area contributed by atoms with E-state index >= 15 is 0 Å². The molecule has 4 bridgehead atoms. The maximum Gasteiger partial charge on any atom is 0.293 e. The molecule has 5 fully saturated rings. The second kappa shape index (κ2) is 7.70. The van der Waals surface area contributed by atoms with Crippen LogP contribution in [0.15, 0.2) is 9.42 Å². The normalized spacial score (nSPS) is 34.7. The van der Waals surface area contributed by atoms with Crippen molar-refractivity contribution < 1.29 is 9.32 Å². The van der Waals surface area contributed by atoms with Crippen LogP contribution in [0.5, 0.6) is 0 Å². The maximum atomic E-state index is 13.7. The van der Waals surface area contributed by atoms with E-state index in [1.54, 1.807) is 0 Å². The fourth-order valence-electron chi connectivity index (χ4n) is 7.01. The zero-order chi connectivity index (χ0) is 19.3. The van der Waals surface area contributed by atoms with Gasteiger partial charge in [0, 0.05) is 17.8 Å². The number of hydrogen-bond acceptors (Lipinski definition) is 4. The number of thioether (sulfide) groups is 1. The maximum absolute atomic E-state index is 13.7. The van der Waals surface area contributed by atoms with Crippen molar-refractivity contribution in [1.29, 1.82) is 0 Å². The molecule has 0 aliphatic heterocycles. The number of amides is 1. The van der Waals surface area contributed by atoms with Gasteiger partial charge in [-0.05, 0) is 82.5 Å². The van der Waals surface area contributed by atoms with Crippen LogP contribution in [-0.2, 0) is 0 Å². The minimum Gasteiger partial charge on any atom is -0.350 e. The van der Waals surface area contributed by atoms with E-state index in [1.807, 2.05) is 18.7 Å². The Balaban J connectivity index is 1.38. The third kappa shape index (κ3) is 3.32. The van der Waals surface area contributed by atoms with E-state index in [-0.39, 0.29) is 5.91 Å². The molecule has 5 aliphatic carbocycles. The number of carbonyl (C=O) groups excluding carboxylic acids is 1. The van der Waals surface area contributed by atoms with Crippen LogP contribution in [0.25, 0.3) is 0 Å². The van der Waals surface area contributed by atoms with Crippen molar-refractivity contribution in [3.63, 3.8) is 0 Å². The number of aromatic nitrogens is 1. The summed E-state index contributed by atoms with van der Waals surface area (Å²) in [4.78, 5) is 16.8. The van der Waals surface area contributed by atoms with Crippen molar-refractivity contribution in [2.45, 2.75) is 94.2 Å².